The summed E-state index contributed by atoms with van der Waals surface area (Å²) >= 11 is 1.08. The lowest BCUT2D eigenvalue weighted by Crippen LogP contribution is -2.28. The van der Waals surface area contributed by atoms with Gasteiger partial charge in [0, 0.05) is 25.2 Å². The minimum atomic E-state index is -0.201. The normalized spacial score (nSPS) is 14.3. The van der Waals surface area contributed by atoms with Gasteiger partial charge in [0.1, 0.15) is 0 Å². The van der Waals surface area contributed by atoms with E-state index in [4.69, 9.17) is 0 Å². The van der Waals surface area contributed by atoms with Crippen molar-refractivity contribution in [2.24, 2.45) is 0 Å². The van der Waals surface area contributed by atoms with Crippen LogP contribution in [0, 0.1) is 0 Å². The first-order valence-corrected chi connectivity index (χ1v) is 7.76. The summed E-state index contributed by atoms with van der Waals surface area (Å²) in [7, 11) is 0. The molecule has 3 rings (SSSR count). The highest BCUT2D eigenvalue weighted by Crippen LogP contribution is 2.29. The monoisotopic (exact) mass is 290 g/mol. The predicted octanol–water partition coefficient (Wildman–Crippen LogP) is 2.51. The lowest BCUT2D eigenvalue weighted by molar-refractivity contribution is 0.451. The van der Waals surface area contributed by atoms with E-state index in [1.165, 1.54) is 17.7 Å². The molecule has 2 heterocycles. The van der Waals surface area contributed by atoms with E-state index in [0.717, 1.165) is 36.4 Å². The summed E-state index contributed by atoms with van der Waals surface area (Å²) in [5, 5.41) is 9.66. The number of nitrogens with zero attached hydrogens (tertiary/aromatic N) is 1. The summed E-state index contributed by atoms with van der Waals surface area (Å²) in [6, 6.07) is 6.47. The van der Waals surface area contributed by atoms with Gasteiger partial charge in [-0.15, -0.1) is 0 Å². The highest BCUT2D eigenvalue weighted by molar-refractivity contribution is 7.09. The Labute approximate surface area is 121 Å². The second kappa shape index (κ2) is 5.32. The molecule has 0 aliphatic carbocycles. The maximum atomic E-state index is 11.2. The van der Waals surface area contributed by atoms with E-state index >= 15 is 0 Å². The molecule has 2 aromatic rings. The van der Waals surface area contributed by atoms with E-state index in [1.807, 2.05) is 0 Å². The number of aromatic nitrogens is 1. The fraction of sp³-hybridized carbons (Fsp3) is 0.400. The molecule has 0 radical (unpaired) electrons. The molecule has 1 aromatic heterocycles. The quantitative estimate of drug-likeness (QED) is 0.913. The number of benzene rings is 1. The van der Waals surface area contributed by atoms with E-state index in [9.17, 15) is 9.90 Å². The van der Waals surface area contributed by atoms with E-state index in [1.54, 1.807) is 0 Å². The van der Waals surface area contributed by atoms with Crippen LogP contribution in [-0.2, 0) is 12.8 Å². The summed E-state index contributed by atoms with van der Waals surface area (Å²) in [6.45, 7) is 4.34. The van der Waals surface area contributed by atoms with E-state index in [-0.39, 0.29) is 10.8 Å². The first-order valence-electron chi connectivity index (χ1n) is 6.95. The van der Waals surface area contributed by atoms with Crippen molar-refractivity contribution in [3.8, 4) is 5.88 Å². The number of thiazole rings is 1. The number of aromatic hydroxyl groups is 1. The molecular formula is C15H18N2O2S. The first kappa shape index (κ1) is 13.2. The minimum Gasteiger partial charge on any atom is -0.494 e. The Hall–Kier alpha value is -1.75. The summed E-state index contributed by atoms with van der Waals surface area (Å²) in [6.07, 6.45) is 2.90. The lowest BCUT2D eigenvalue weighted by Gasteiger charge is -2.30. The third-order valence-electron chi connectivity index (χ3n) is 3.81. The highest BCUT2D eigenvalue weighted by Gasteiger charge is 2.16. The van der Waals surface area contributed by atoms with Gasteiger partial charge in [0.2, 0.25) is 5.88 Å². The number of fused-ring (bicyclic) bond motifs is 1. The highest BCUT2D eigenvalue weighted by atomic mass is 32.1. The number of aryl methyl sites for hydroxylation is 1. The Balaban J connectivity index is 1.89. The molecule has 1 aliphatic rings. The van der Waals surface area contributed by atoms with Crippen molar-refractivity contribution in [1.29, 1.82) is 0 Å². The zero-order valence-electron chi connectivity index (χ0n) is 11.5. The van der Waals surface area contributed by atoms with Gasteiger partial charge >= 0.3 is 4.87 Å². The zero-order chi connectivity index (χ0) is 14.1. The van der Waals surface area contributed by atoms with Crippen LogP contribution in [0.1, 0.15) is 29.3 Å². The molecule has 0 saturated carbocycles. The van der Waals surface area contributed by atoms with Crippen LogP contribution in [0.5, 0.6) is 5.88 Å². The molecule has 0 fully saturated rings. The van der Waals surface area contributed by atoms with Crippen LogP contribution in [0.3, 0.4) is 0 Å². The van der Waals surface area contributed by atoms with Crippen LogP contribution in [0.4, 0.5) is 5.69 Å². The molecule has 0 atom stereocenters. The molecule has 106 valence electrons. The molecule has 0 unspecified atom stereocenters. The number of hydrogen-bond donors (Lipinski definition) is 2. The van der Waals surface area contributed by atoms with Crippen molar-refractivity contribution in [1.82, 2.24) is 4.98 Å². The molecule has 1 aliphatic heterocycles. The maximum Gasteiger partial charge on any atom is 0.307 e. The summed E-state index contributed by atoms with van der Waals surface area (Å²) in [5.74, 6) is 0.00732. The van der Waals surface area contributed by atoms with Crippen molar-refractivity contribution >= 4 is 17.0 Å². The number of H-pyrrole nitrogens is 1. The van der Waals surface area contributed by atoms with Crippen molar-refractivity contribution in [2.45, 2.75) is 26.2 Å². The van der Waals surface area contributed by atoms with Gasteiger partial charge in [0.15, 0.2) is 0 Å². The summed E-state index contributed by atoms with van der Waals surface area (Å²) in [4.78, 5) is 16.5. The van der Waals surface area contributed by atoms with Gasteiger partial charge in [-0.3, -0.25) is 9.78 Å². The Morgan fingerprint density at radius 1 is 1.45 bits per heavy atom. The Bertz CT molecular complexity index is 675. The fourth-order valence-electron chi connectivity index (χ4n) is 2.82. The van der Waals surface area contributed by atoms with Crippen molar-refractivity contribution < 1.29 is 5.11 Å². The average molecular weight is 290 g/mol. The molecule has 5 heteroatoms. The molecule has 0 bridgehead atoms. The van der Waals surface area contributed by atoms with Crippen molar-refractivity contribution in [2.75, 3.05) is 18.0 Å². The van der Waals surface area contributed by atoms with E-state index < -0.39 is 0 Å². The van der Waals surface area contributed by atoms with Crippen LogP contribution in [0.2, 0.25) is 0 Å². The standard InChI is InChI=1S/C15H18N2O2S/c1-2-17-7-3-4-11-8-10(5-6-12(11)17)9-13-14(18)16-15(19)20-13/h5-6,8,18H,2-4,7,9H2,1H3,(H,16,19). The average Bonchev–Trinajstić information content (AvgIpc) is 2.76. The molecule has 0 amide bonds. The number of anilines is 1. The molecule has 0 spiro atoms. The number of hydrogen-bond acceptors (Lipinski definition) is 4. The maximum absolute atomic E-state index is 11.2. The van der Waals surface area contributed by atoms with Crippen LogP contribution < -0.4 is 9.77 Å². The second-order valence-corrected chi connectivity index (χ2v) is 6.18. The van der Waals surface area contributed by atoms with Gasteiger partial charge in [0.05, 0.1) is 4.88 Å². The molecule has 1 aromatic carbocycles. The molecule has 4 nitrogen and oxygen atoms in total. The number of nitrogens with one attached hydrogen (secondary N) is 1. The van der Waals surface area contributed by atoms with E-state index in [0.29, 0.717) is 11.3 Å². The molecule has 0 saturated heterocycles. The van der Waals surface area contributed by atoms with Crippen LogP contribution in [-0.4, -0.2) is 23.2 Å². The minimum absolute atomic E-state index is 0.00732. The lowest BCUT2D eigenvalue weighted by atomic mass is 9.98. The Morgan fingerprint density at radius 2 is 2.30 bits per heavy atom. The van der Waals surface area contributed by atoms with Gasteiger partial charge in [-0.1, -0.05) is 23.5 Å². The topological polar surface area (TPSA) is 56.3 Å². The third-order valence-corrected chi connectivity index (χ3v) is 4.68. The summed E-state index contributed by atoms with van der Waals surface area (Å²) in [5.41, 5.74) is 3.85. The SMILES string of the molecule is CCN1CCCc2cc(Cc3sc(=O)[nH]c3O)ccc21. The van der Waals surface area contributed by atoms with Crippen molar-refractivity contribution in [3.05, 3.63) is 43.9 Å². The van der Waals surface area contributed by atoms with E-state index in [2.05, 4.69) is 35.0 Å². The first-order chi connectivity index (χ1) is 9.67. The summed E-state index contributed by atoms with van der Waals surface area (Å²) < 4.78 is 0. The third kappa shape index (κ3) is 2.45. The molecular weight excluding hydrogens is 272 g/mol. The molecule has 20 heavy (non-hydrogen) atoms. The largest absolute Gasteiger partial charge is 0.494 e. The van der Waals surface area contributed by atoms with Crippen molar-refractivity contribution in [3.63, 3.8) is 0 Å². The Kier molecular flexibility index (Phi) is 3.53. The smallest absolute Gasteiger partial charge is 0.307 e. The van der Waals surface area contributed by atoms with Gasteiger partial charge in [-0.25, -0.2) is 0 Å². The van der Waals surface area contributed by atoms with Gasteiger partial charge < -0.3 is 10.0 Å². The number of rotatable bonds is 3. The molecule has 2 N–H and O–H groups in total. The number of aromatic amines is 1. The van der Waals surface area contributed by atoms with Crippen LogP contribution >= 0.6 is 11.3 Å². The zero-order valence-corrected chi connectivity index (χ0v) is 12.3. The fourth-order valence-corrected chi connectivity index (χ4v) is 3.58. The van der Waals surface area contributed by atoms with Gasteiger partial charge in [0.25, 0.3) is 0 Å². The van der Waals surface area contributed by atoms with Gasteiger partial charge in [-0.05, 0) is 37.0 Å². The van der Waals surface area contributed by atoms with Crippen LogP contribution in [0.25, 0.3) is 0 Å². The second-order valence-electron chi connectivity index (χ2n) is 5.11. The Morgan fingerprint density at radius 3 is 3.00 bits per heavy atom. The predicted molar refractivity (Wildman–Crippen MR) is 82.1 cm³/mol. The van der Waals surface area contributed by atoms with Gasteiger partial charge in [-0.2, -0.15) is 0 Å². The van der Waals surface area contributed by atoms with Crippen LogP contribution in [0.15, 0.2) is 23.0 Å².